The van der Waals surface area contributed by atoms with Crippen molar-refractivity contribution in [1.29, 1.82) is 0 Å². The Morgan fingerprint density at radius 2 is 2.25 bits per heavy atom. The van der Waals surface area contributed by atoms with Gasteiger partial charge in [0, 0.05) is 24.5 Å². The van der Waals surface area contributed by atoms with Gasteiger partial charge in [-0.25, -0.2) is 0 Å². The number of nitrogens with zero attached hydrogens (tertiary/aromatic N) is 1. The Kier molecular flexibility index (Phi) is 4.55. The predicted octanol–water partition coefficient (Wildman–Crippen LogP) is 1.50. The molecule has 6 nitrogen and oxygen atoms in total. The summed E-state index contributed by atoms with van der Waals surface area (Å²) in [5, 5.41) is 15.1. The average molecular weight is 277 g/mol. The summed E-state index contributed by atoms with van der Waals surface area (Å²) in [6.07, 6.45) is 3.98. The van der Waals surface area contributed by atoms with E-state index in [-0.39, 0.29) is 17.9 Å². The third-order valence-electron chi connectivity index (χ3n) is 3.52. The number of carbonyl (C=O) groups is 2. The third-order valence-corrected chi connectivity index (χ3v) is 3.52. The molecule has 0 spiro atoms. The van der Waals surface area contributed by atoms with Crippen LogP contribution >= 0.6 is 0 Å². The topological polar surface area (TPSA) is 91.3 Å². The Balaban J connectivity index is 2.08. The van der Waals surface area contributed by atoms with Crippen LogP contribution in [0.2, 0.25) is 0 Å². The lowest BCUT2D eigenvalue weighted by Crippen LogP contribution is -2.30. The van der Waals surface area contributed by atoms with Crippen LogP contribution < -0.4 is 10.6 Å². The average Bonchev–Trinajstić information content (AvgIpc) is 2.87. The molecule has 0 radical (unpaired) electrons. The van der Waals surface area contributed by atoms with E-state index in [0.717, 1.165) is 18.5 Å². The number of hydrogen-bond donors (Lipinski definition) is 3. The lowest BCUT2D eigenvalue weighted by Gasteiger charge is -2.19. The van der Waals surface area contributed by atoms with Crippen molar-refractivity contribution in [2.24, 2.45) is 5.92 Å². The van der Waals surface area contributed by atoms with Crippen molar-refractivity contribution in [1.82, 2.24) is 10.3 Å². The summed E-state index contributed by atoms with van der Waals surface area (Å²) in [5.41, 5.74) is 1.07. The highest BCUT2D eigenvalue weighted by Crippen LogP contribution is 2.28. The minimum atomic E-state index is -0.766. The van der Waals surface area contributed by atoms with E-state index in [4.69, 9.17) is 5.11 Å². The fraction of sp³-hybridized carbons (Fsp3) is 0.500. The molecular weight excluding hydrogens is 258 g/mol. The minimum Gasteiger partial charge on any atom is -0.481 e. The van der Waals surface area contributed by atoms with E-state index in [1.165, 1.54) is 0 Å². The first-order valence-corrected chi connectivity index (χ1v) is 6.85. The molecule has 20 heavy (non-hydrogen) atoms. The van der Waals surface area contributed by atoms with Crippen LogP contribution in [-0.2, 0) is 4.79 Å². The summed E-state index contributed by atoms with van der Waals surface area (Å²) in [6, 6.07) is 3.32. The second-order valence-corrected chi connectivity index (χ2v) is 4.92. The fourth-order valence-electron chi connectivity index (χ4n) is 2.54. The monoisotopic (exact) mass is 277 g/mol. The van der Waals surface area contributed by atoms with Crippen molar-refractivity contribution < 1.29 is 14.7 Å². The number of amides is 1. The smallest absolute Gasteiger partial charge is 0.308 e. The number of carboxylic acids is 1. The van der Waals surface area contributed by atoms with Gasteiger partial charge in [0.05, 0.1) is 5.92 Å². The number of hydrogen-bond acceptors (Lipinski definition) is 4. The molecule has 1 aromatic heterocycles. The molecule has 0 bridgehead atoms. The summed E-state index contributed by atoms with van der Waals surface area (Å²) in [7, 11) is 0. The van der Waals surface area contributed by atoms with Gasteiger partial charge in [-0.3, -0.25) is 14.6 Å². The summed E-state index contributed by atoms with van der Waals surface area (Å²) in [4.78, 5) is 26.9. The van der Waals surface area contributed by atoms with Crippen LogP contribution in [0.5, 0.6) is 0 Å². The highest BCUT2D eigenvalue weighted by Gasteiger charge is 2.32. The summed E-state index contributed by atoms with van der Waals surface area (Å²) in [6.45, 7) is 2.39. The van der Waals surface area contributed by atoms with E-state index in [0.29, 0.717) is 18.7 Å². The first-order valence-electron chi connectivity index (χ1n) is 6.85. The largest absolute Gasteiger partial charge is 0.481 e. The Bertz CT molecular complexity index is 504. The fourth-order valence-corrected chi connectivity index (χ4v) is 2.54. The van der Waals surface area contributed by atoms with Gasteiger partial charge in [-0.05, 0) is 31.9 Å². The second-order valence-electron chi connectivity index (χ2n) is 4.92. The van der Waals surface area contributed by atoms with Crippen molar-refractivity contribution in [3.8, 4) is 0 Å². The van der Waals surface area contributed by atoms with Crippen LogP contribution in [-0.4, -0.2) is 34.6 Å². The maximum Gasteiger partial charge on any atom is 0.308 e. The first-order chi connectivity index (χ1) is 9.61. The maximum absolute atomic E-state index is 11.7. The number of nitrogens with one attached hydrogen (secondary N) is 2. The molecule has 1 aromatic rings. The minimum absolute atomic E-state index is 0.0861. The second kappa shape index (κ2) is 6.36. The quantitative estimate of drug-likeness (QED) is 0.758. The van der Waals surface area contributed by atoms with Gasteiger partial charge in [0.15, 0.2) is 0 Å². The highest BCUT2D eigenvalue weighted by atomic mass is 16.4. The van der Waals surface area contributed by atoms with Gasteiger partial charge in [-0.1, -0.05) is 6.42 Å². The van der Waals surface area contributed by atoms with Crippen molar-refractivity contribution in [2.75, 3.05) is 11.9 Å². The van der Waals surface area contributed by atoms with Crippen molar-refractivity contribution in [2.45, 2.75) is 32.2 Å². The zero-order valence-corrected chi connectivity index (χ0v) is 11.4. The van der Waals surface area contributed by atoms with Gasteiger partial charge in [-0.2, -0.15) is 0 Å². The van der Waals surface area contributed by atoms with Crippen LogP contribution in [0.3, 0.4) is 0 Å². The molecule has 1 saturated carbocycles. The summed E-state index contributed by atoms with van der Waals surface area (Å²) >= 11 is 0. The van der Waals surface area contributed by atoms with E-state index < -0.39 is 5.97 Å². The highest BCUT2D eigenvalue weighted by molar-refractivity contribution is 5.93. The lowest BCUT2D eigenvalue weighted by atomic mass is 10.0. The Hall–Kier alpha value is -2.11. The van der Waals surface area contributed by atoms with Crippen LogP contribution in [0, 0.1) is 5.92 Å². The normalized spacial score (nSPS) is 21.4. The van der Waals surface area contributed by atoms with E-state index >= 15 is 0 Å². The van der Waals surface area contributed by atoms with Gasteiger partial charge in [-0.15, -0.1) is 0 Å². The Labute approximate surface area is 117 Å². The molecule has 0 saturated heterocycles. The number of aliphatic carboxylic acids is 1. The molecule has 108 valence electrons. The molecule has 6 heteroatoms. The van der Waals surface area contributed by atoms with Crippen molar-refractivity contribution in [3.63, 3.8) is 0 Å². The third kappa shape index (κ3) is 3.26. The number of carbonyl (C=O) groups excluding carboxylic acids is 1. The molecule has 0 aliphatic heterocycles. The number of aromatic nitrogens is 1. The maximum atomic E-state index is 11.7. The Morgan fingerprint density at radius 1 is 1.45 bits per heavy atom. The molecule has 2 atom stereocenters. The van der Waals surface area contributed by atoms with Gasteiger partial charge < -0.3 is 15.7 Å². The lowest BCUT2D eigenvalue weighted by molar-refractivity contribution is -0.141. The van der Waals surface area contributed by atoms with Crippen molar-refractivity contribution in [3.05, 3.63) is 24.0 Å². The number of rotatable bonds is 5. The SMILES string of the molecule is CCNC(=O)c1cc(NC2CCCC2C(=O)O)ccn1. The van der Waals surface area contributed by atoms with E-state index in [9.17, 15) is 9.59 Å². The summed E-state index contributed by atoms with van der Waals surface area (Å²) in [5.74, 6) is -1.36. The molecule has 1 heterocycles. The van der Waals surface area contributed by atoms with Gasteiger partial charge in [0.2, 0.25) is 0 Å². The molecule has 1 amide bonds. The van der Waals surface area contributed by atoms with E-state index in [1.807, 2.05) is 6.92 Å². The Morgan fingerprint density at radius 3 is 2.95 bits per heavy atom. The van der Waals surface area contributed by atoms with E-state index in [2.05, 4.69) is 15.6 Å². The molecule has 2 unspecified atom stereocenters. The number of pyridine rings is 1. The van der Waals surface area contributed by atoms with Crippen molar-refractivity contribution >= 4 is 17.6 Å². The van der Waals surface area contributed by atoms with Gasteiger partial charge in [0.25, 0.3) is 5.91 Å². The van der Waals surface area contributed by atoms with Crippen LogP contribution in [0.1, 0.15) is 36.7 Å². The number of carboxylic acid groups (broad SMARTS) is 1. The zero-order chi connectivity index (χ0) is 14.5. The number of anilines is 1. The molecule has 1 aliphatic carbocycles. The van der Waals surface area contributed by atoms with E-state index in [1.54, 1.807) is 18.3 Å². The summed E-state index contributed by atoms with van der Waals surface area (Å²) < 4.78 is 0. The molecule has 1 aliphatic rings. The van der Waals surface area contributed by atoms with Gasteiger partial charge >= 0.3 is 5.97 Å². The molecule has 3 N–H and O–H groups in total. The van der Waals surface area contributed by atoms with Crippen LogP contribution in [0.25, 0.3) is 0 Å². The molecule has 2 rings (SSSR count). The standard InChI is InChI=1S/C14H19N3O3/c1-2-15-13(18)12-8-9(6-7-16-12)17-11-5-3-4-10(11)14(19)20/h6-8,10-11H,2-5H2,1H3,(H,15,18)(H,16,17)(H,19,20). The van der Waals surface area contributed by atoms with Crippen LogP contribution in [0.4, 0.5) is 5.69 Å². The molecule has 1 fully saturated rings. The first kappa shape index (κ1) is 14.3. The van der Waals surface area contributed by atoms with Gasteiger partial charge in [0.1, 0.15) is 5.69 Å². The molecular formula is C14H19N3O3. The predicted molar refractivity (Wildman–Crippen MR) is 74.6 cm³/mol. The molecule has 0 aromatic carbocycles. The zero-order valence-electron chi connectivity index (χ0n) is 11.4. The van der Waals surface area contributed by atoms with Crippen LogP contribution in [0.15, 0.2) is 18.3 Å².